The molecule has 5 rings (SSSR count). The van der Waals surface area contributed by atoms with Crippen LogP contribution in [-0.2, 0) is 20.7 Å². The Bertz CT molecular complexity index is 1440. The molecule has 0 amide bonds. The number of allylic oxidation sites excluding steroid dienone is 3. The van der Waals surface area contributed by atoms with Gasteiger partial charge in [0.25, 0.3) is 0 Å². The van der Waals surface area contributed by atoms with Crippen LogP contribution < -0.4 is 5.32 Å². The van der Waals surface area contributed by atoms with Crippen LogP contribution in [0.4, 0.5) is 0 Å². The largest absolute Gasteiger partial charge is 0.462 e. The van der Waals surface area contributed by atoms with Gasteiger partial charge in [-0.2, -0.15) is 0 Å². The summed E-state index contributed by atoms with van der Waals surface area (Å²) in [4.78, 5) is 27.3. The van der Waals surface area contributed by atoms with Crippen molar-refractivity contribution in [3.8, 4) is 0 Å². The van der Waals surface area contributed by atoms with Crippen LogP contribution >= 0.6 is 34.8 Å². The Morgan fingerprint density at radius 3 is 2.37 bits per heavy atom. The molecule has 194 valence electrons. The van der Waals surface area contributed by atoms with Crippen molar-refractivity contribution in [2.45, 2.75) is 38.0 Å². The number of Topliss-reactive ketones (excluding diaryl/α,β-unsaturated/α-hetero) is 1. The average molecular weight is 567 g/mol. The van der Waals surface area contributed by atoms with Gasteiger partial charge in [-0.25, -0.2) is 4.79 Å². The standard InChI is InChI=1S/C31H26Cl3NO3/c1-18-28(31(37)38-14-13-19-5-3-2-4-6-19)29(24-12-11-23(33)17-25(24)34)30-26(35-18)15-21(16-27(30)36)20-7-9-22(32)10-8-20/h2-12,17,21,29,35H,13-16H2,1H3. The molecule has 7 heteroatoms. The van der Waals surface area contributed by atoms with Crippen molar-refractivity contribution < 1.29 is 14.3 Å². The predicted octanol–water partition coefficient (Wildman–Crippen LogP) is 7.79. The number of hydrogen-bond acceptors (Lipinski definition) is 4. The van der Waals surface area contributed by atoms with E-state index in [1.807, 2.05) is 61.5 Å². The molecule has 1 aliphatic carbocycles. The number of benzene rings is 3. The molecule has 0 spiro atoms. The molecule has 2 aliphatic rings. The third-order valence-electron chi connectivity index (χ3n) is 7.13. The highest BCUT2D eigenvalue weighted by Crippen LogP contribution is 2.47. The second-order valence-electron chi connectivity index (χ2n) is 9.61. The van der Waals surface area contributed by atoms with E-state index >= 15 is 0 Å². The summed E-state index contributed by atoms with van der Waals surface area (Å²) < 4.78 is 5.74. The van der Waals surface area contributed by atoms with E-state index < -0.39 is 11.9 Å². The Balaban J connectivity index is 1.49. The highest BCUT2D eigenvalue weighted by atomic mass is 35.5. The number of halogens is 3. The normalized spacial score (nSPS) is 19.2. The maximum absolute atomic E-state index is 13.7. The van der Waals surface area contributed by atoms with Gasteiger partial charge in [-0.05, 0) is 60.2 Å². The van der Waals surface area contributed by atoms with Crippen LogP contribution in [0.5, 0.6) is 0 Å². The van der Waals surface area contributed by atoms with Gasteiger partial charge in [0.15, 0.2) is 5.78 Å². The molecular weight excluding hydrogens is 541 g/mol. The minimum absolute atomic E-state index is 0.000435. The fourth-order valence-electron chi connectivity index (χ4n) is 5.31. The number of carbonyl (C=O) groups excluding carboxylic acids is 2. The van der Waals surface area contributed by atoms with Gasteiger partial charge in [0, 0.05) is 50.8 Å². The molecule has 1 heterocycles. The topological polar surface area (TPSA) is 55.4 Å². The van der Waals surface area contributed by atoms with Crippen molar-refractivity contribution in [3.63, 3.8) is 0 Å². The maximum Gasteiger partial charge on any atom is 0.336 e. The van der Waals surface area contributed by atoms with E-state index in [9.17, 15) is 9.59 Å². The van der Waals surface area contributed by atoms with Gasteiger partial charge < -0.3 is 10.1 Å². The van der Waals surface area contributed by atoms with Crippen LogP contribution in [0.3, 0.4) is 0 Å². The first kappa shape index (κ1) is 26.6. The molecule has 38 heavy (non-hydrogen) atoms. The summed E-state index contributed by atoms with van der Waals surface area (Å²) in [6.45, 7) is 2.06. The molecule has 3 aromatic carbocycles. The van der Waals surface area contributed by atoms with Crippen LogP contribution in [0.2, 0.25) is 15.1 Å². The van der Waals surface area contributed by atoms with E-state index in [0.717, 1.165) is 16.8 Å². The van der Waals surface area contributed by atoms with E-state index in [1.54, 1.807) is 18.2 Å². The fraction of sp³-hybridized carbons (Fsp3) is 0.226. The maximum atomic E-state index is 13.7. The van der Waals surface area contributed by atoms with Crippen molar-refractivity contribution in [2.75, 3.05) is 6.61 Å². The van der Waals surface area contributed by atoms with Crippen LogP contribution in [0.25, 0.3) is 0 Å². The Labute approximate surface area is 237 Å². The average Bonchev–Trinajstić information content (AvgIpc) is 2.89. The summed E-state index contributed by atoms with van der Waals surface area (Å²) in [5.74, 6) is -1.16. The van der Waals surface area contributed by atoms with E-state index in [0.29, 0.717) is 56.7 Å². The van der Waals surface area contributed by atoms with Crippen LogP contribution in [0.15, 0.2) is 95.3 Å². The monoisotopic (exact) mass is 565 g/mol. The molecule has 1 N–H and O–H groups in total. The lowest BCUT2D eigenvalue weighted by molar-refractivity contribution is -0.139. The second-order valence-corrected chi connectivity index (χ2v) is 10.9. The number of ether oxygens (including phenoxy) is 1. The van der Waals surface area contributed by atoms with Crippen molar-refractivity contribution in [3.05, 3.63) is 127 Å². The van der Waals surface area contributed by atoms with Gasteiger partial charge in [0.2, 0.25) is 0 Å². The summed E-state index contributed by atoms with van der Waals surface area (Å²) in [6.07, 6.45) is 1.53. The first-order valence-corrected chi connectivity index (χ1v) is 13.6. The molecule has 0 saturated heterocycles. The summed E-state index contributed by atoms with van der Waals surface area (Å²) in [7, 11) is 0. The third-order valence-corrected chi connectivity index (χ3v) is 7.94. The highest BCUT2D eigenvalue weighted by molar-refractivity contribution is 6.35. The Morgan fingerprint density at radius 1 is 0.947 bits per heavy atom. The minimum atomic E-state index is -0.654. The van der Waals surface area contributed by atoms with Gasteiger partial charge in [-0.1, -0.05) is 83.3 Å². The molecule has 0 bridgehead atoms. The van der Waals surface area contributed by atoms with E-state index in [-0.39, 0.29) is 18.3 Å². The number of hydrogen-bond donors (Lipinski definition) is 1. The minimum Gasteiger partial charge on any atom is -0.462 e. The van der Waals surface area contributed by atoms with Crippen LogP contribution in [0, 0.1) is 0 Å². The molecule has 1 aliphatic heterocycles. The van der Waals surface area contributed by atoms with Crippen LogP contribution in [0.1, 0.15) is 48.3 Å². The number of ketones is 1. The first-order chi connectivity index (χ1) is 18.3. The van der Waals surface area contributed by atoms with Crippen molar-refractivity contribution in [2.24, 2.45) is 0 Å². The lowest BCUT2D eigenvalue weighted by Crippen LogP contribution is -2.36. The molecule has 2 atom stereocenters. The summed E-state index contributed by atoms with van der Waals surface area (Å²) in [5, 5.41) is 4.90. The quantitative estimate of drug-likeness (QED) is 0.309. The van der Waals surface area contributed by atoms with Gasteiger partial charge in [0.05, 0.1) is 12.2 Å². The number of nitrogens with one attached hydrogen (secondary N) is 1. The van der Waals surface area contributed by atoms with E-state index in [4.69, 9.17) is 39.5 Å². The molecule has 0 radical (unpaired) electrons. The summed E-state index contributed by atoms with van der Waals surface area (Å²) in [5.41, 5.74) is 5.16. The number of rotatable bonds is 6. The Morgan fingerprint density at radius 2 is 1.66 bits per heavy atom. The Hall–Kier alpha value is -3.05. The lowest BCUT2D eigenvalue weighted by atomic mass is 9.71. The third kappa shape index (κ3) is 5.54. The van der Waals surface area contributed by atoms with E-state index in [1.165, 1.54) is 0 Å². The van der Waals surface area contributed by atoms with Gasteiger partial charge in [-0.3, -0.25) is 4.79 Å². The SMILES string of the molecule is CC1=C(C(=O)OCCc2ccccc2)C(c2ccc(Cl)cc2Cl)C2=C(CC(c3ccc(Cl)cc3)CC2=O)N1. The molecule has 3 aromatic rings. The van der Waals surface area contributed by atoms with Crippen LogP contribution in [-0.4, -0.2) is 18.4 Å². The zero-order valence-electron chi connectivity index (χ0n) is 20.8. The fourth-order valence-corrected chi connectivity index (χ4v) is 5.95. The smallest absolute Gasteiger partial charge is 0.336 e. The molecule has 2 unspecified atom stereocenters. The Kier molecular flexibility index (Phi) is 7.94. The highest BCUT2D eigenvalue weighted by Gasteiger charge is 2.42. The number of carbonyl (C=O) groups is 2. The van der Waals surface area contributed by atoms with Gasteiger partial charge in [-0.15, -0.1) is 0 Å². The molecule has 0 aromatic heterocycles. The molecular formula is C31H26Cl3NO3. The van der Waals surface area contributed by atoms with E-state index in [2.05, 4.69) is 5.32 Å². The van der Waals surface area contributed by atoms with Crippen molar-refractivity contribution in [1.29, 1.82) is 0 Å². The molecule has 0 fully saturated rings. The van der Waals surface area contributed by atoms with Gasteiger partial charge >= 0.3 is 5.97 Å². The summed E-state index contributed by atoms with van der Waals surface area (Å²) >= 11 is 18.9. The second kappa shape index (κ2) is 11.4. The predicted molar refractivity (Wildman–Crippen MR) is 152 cm³/mol. The first-order valence-electron chi connectivity index (χ1n) is 12.5. The lowest BCUT2D eigenvalue weighted by Gasteiger charge is -2.37. The zero-order chi connectivity index (χ0) is 26.8. The number of esters is 1. The zero-order valence-corrected chi connectivity index (χ0v) is 23.0. The van der Waals surface area contributed by atoms with Crippen molar-refractivity contribution >= 4 is 46.6 Å². The summed E-state index contributed by atoms with van der Waals surface area (Å²) in [6, 6.07) is 22.6. The van der Waals surface area contributed by atoms with Crippen molar-refractivity contribution in [1.82, 2.24) is 5.32 Å². The number of dihydropyridines is 1. The molecule has 4 nitrogen and oxygen atoms in total. The van der Waals surface area contributed by atoms with Gasteiger partial charge in [0.1, 0.15) is 0 Å². The molecule has 0 saturated carbocycles.